The second-order valence-corrected chi connectivity index (χ2v) is 7.51. The van der Waals surface area contributed by atoms with Gasteiger partial charge in [-0.05, 0) is 24.8 Å². The molecule has 3 atom stereocenters. The normalized spacial score (nSPS) is 29.5. The van der Waals surface area contributed by atoms with Crippen LogP contribution in [0, 0.1) is 5.92 Å². The van der Waals surface area contributed by atoms with Gasteiger partial charge in [0, 0.05) is 25.6 Å². The number of aromatic nitrogens is 2. The number of benzene rings is 1. The molecule has 1 saturated carbocycles. The van der Waals surface area contributed by atoms with Crippen LogP contribution in [0.3, 0.4) is 0 Å². The summed E-state index contributed by atoms with van der Waals surface area (Å²) in [4.78, 5) is 6.85. The Morgan fingerprint density at radius 1 is 1.27 bits per heavy atom. The molecule has 1 aromatic heterocycles. The Morgan fingerprint density at radius 2 is 2.08 bits per heavy atom. The molecule has 2 aliphatic rings. The first kappa shape index (κ1) is 17.6. The van der Waals surface area contributed by atoms with Crippen LogP contribution in [-0.2, 0) is 23.5 Å². The highest BCUT2D eigenvalue weighted by Gasteiger charge is 2.49. The van der Waals surface area contributed by atoms with Crippen LogP contribution in [0.15, 0.2) is 34.9 Å². The number of ether oxygens (including phenoxy) is 1. The number of hydrogen-bond acceptors (Lipinski definition) is 6. The average Bonchev–Trinajstić information content (AvgIpc) is 3.12. The van der Waals surface area contributed by atoms with Gasteiger partial charge < -0.3 is 14.4 Å². The number of fused-ring (bicyclic) bond motifs is 1. The minimum absolute atomic E-state index is 0.248. The first-order chi connectivity index (χ1) is 12.7. The topological polar surface area (TPSA) is 71.6 Å². The molecule has 1 aliphatic heterocycles. The van der Waals surface area contributed by atoms with Gasteiger partial charge in [0.25, 0.3) is 5.89 Å². The molecule has 2 aromatic rings. The maximum Gasteiger partial charge on any atom is 0.252 e. The quantitative estimate of drug-likeness (QED) is 0.887. The van der Waals surface area contributed by atoms with E-state index in [4.69, 9.17) is 9.26 Å². The molecule has 2 heterocycles. The van der Waals surface area contributed by atoms with Crippen molar-refractivity contribution < 1.29 is 14.4 Å². The van der Waals surface area contributed by atoms with Crippen molar-refractivity contribution in [3.63, 3.8) is 0 Å². The lowest BCUT2D eigenvalue weighted by atomic mass is 9.66. The molecule has 0 radical (unpaired) electrons. The number of rotatable bonds is 5. The van der Waals surface area contributed by atoms with Crippen molar-refractivity contribution in [2.45, 2.75) is 56.9 Å². The van der Waals surface area contributed by atoms with E-state index in [0.717, 1.165) is 31.4 Å². The van der Waals surface area contributed by atoms with Gasteiger partial charge in [0.05, 0.1) is 12.1 Å². The SMILES string of the molecule is COCc1nc(CN2CC[C@](O)(c3ccccc3)[C@@H]3CCCC[C@H]32)no1. The Bertz CT molecular complexity index is 720. The van der Waals surface area contributed by atoms with Gasteiger partial charge in [0.1, 0.15) is 6.61 Å². The van der Waals surface area contributed by atoms with Crippen LogP contribution in [0.2, 0.25) is 0 Å². The summed E-state index contributed by atoms with van der Waals surface area (Å²) >= 11 is 0. The Kier molecular flexibility index (Phi) is 5.07. The van der Waals surface area contributed by atoms with Crippen molar-refractivity contribution in [3.8, 4) is 0 Å². The second-order valence-electron chi connectivity index (χ2n) is 7.51. The predicted octanol–water partition coefficient (Wildman–Crippen LogP) is 2.87. The number of nitrogens with zero attached hydrogens (tertiary/aromatic N) is 3. The summed E-state index contributed by atoms with van der Waals surface area (Å²) in [6.45, 7) is 1.84. The zero-order valence-electron chi connectivity index (χ0n) is 15.3. The molecule has 0 amide bonds. The van der Waals surface area contributed by atoms with E-state index in [9.17, 15) is 5.11 Å². The maximum absolute atomic E-state index is 11.6. The molecule has 1 saturated heterocycles. The predicted molar refractivity (Wildman–Crippen MR) is 96.1 cm³/mol. The Balaban J connectivity index is 1.54. The second kappa shape index (κ2) is 7.47. The van der Waals surface area contributed by atoms with Crippen molar-refractivity contribution >= 4 is 0 Å². The Hall–Kier alpha value is -1.76. The van der Waals surface area contributed by atoms with Crippen molar-refractivity contribution in [3.05, 3.63) is 47.6 Å². The molecule has 0 unspecified atom stereocenters. The minimum Gasteiger partial charge on any atom is -0.385 e. The third-order valence-electron chi connectivity index (χ3n) is 5.99. The number of aliphatic hydroxyl groups is 1. The van der Waals surface area contributed by atoms with E-state index in [-0.39, 0.29) is 5.92 Å². The van der Waals surface area contributed by atoms with Gasteiger partial charge in [-0.25, -0.2) is 0 Å². The number of hydrogen-bond donors (Lipinski definition) is 1. The molecule has 2 fully saturated rings. The van der Waals surface area contributed by atoms with Crippen molar-refractivity contribution in [2.75, 3.05) is 13.7 Å². The fraction of sp³-hybridized carbons (Fsp3) is 0.600. The molecular formula is C20H27N3O3. The van der Waals surface area contributed by atoms with Gasteiger partial charge in [-0.15, -0.1) is 0 Å². The molecule has 6 nitrogen and oxygen atoms in total. The third kappa shape index (κ3) is 3.29. The van der Waals surface area contributed by atoms with Gasteiger partial charge in [-0.1, -0.05) is 48.3 Å². The fourth-order valence-corrected chi connectivity index (χ4v) is 4.77. The van der Waals surface area contributed by atoms with Crippen LogP contribution in [-0.4, -0.2) is 39.8 Å². The van der Waals surface area contributed by atoms with E-state index in [0.29, 0.717) is 30.9 Å². The zero-order chi connectivity index (χ0) is 18.0. The summed E-state index contributed by atoms with van der Waals surface area (Å²) in [6.07, 6.45) is 5.31. The van der Waals surface area contributed by atoms with Gasteiger partial charge >= 0.3 is 0 Å². The fourth-order valence-electron chi connectivity index (χ4n) is 4.77. The van der Waals surface area contributed by atoms with E-state index in [1.54, 1.807) is 7.11 Å². The van der Waals surface area contributed by atoms with Gasteiger partial charge in [-0.3, -0.25) is 4.90 Å². The van der Waals surface area contributed by atoms with Crippen LogP contribution in [0.5, 0.6) is 0 Å². The van der Waals surface area contributed by atoms with Gasteiger partial charge in [-0.2, -0.15) is 4.98 Å². The summed E-state index contributed by atoms with van der Waals surface area (Å²) in [5.41, 5.74) is 0.319. The standard InChI is InChI=1S/C20H27N3O3/c1-25-14-19-21-18(22-26-19)13-23-12-11-20(24,15-7-3-2-4-8-15)16-9-5-6-10-17(16)23/h2-4,7-8,16-17,24H,5-6,9-14H2,1H3/t16-,17-,20+/m1/s1. The summed E-state index contributed by atoms with van der Waals surface area (Å²) in [6, 6.07) is 10.5. The van der Waals surface area contributed by atoms with Crippen LogP contribution < -0.4 is 0 Å². The Labute approximate surface area is 154 Å². The molecule has 4 rings (SSSR count). The summed E-state index contributed by atoms with van der Waals surface area (Å²) in [7, 11) is 1.62. The van der Waals surface area contributed by atoms with Crippen molar-refractivity contribution in [1.82, 2.24) is 15.0 Å². The minimum atomic E-state index is -0.735. The summed E-state index contributed by atoms with van der Waals surface area (Å²) < 4.78 is 10.3. The van der Waals surface area contributed by atoms with Crippen LogP contribution in [0.25, 0.3) is 0 Å². The molecule has 0 bridgehead atoms. The lowest BCUT2D eigenvalue weighted by molar-refractivity contribution is -0.123. The molecule has 1 aromatic carbocycles. The van der Waals surface area contributed by atoms with Crippen LogP contribution in [0.4, 0.5) is 0 Å². The lowest BCUT2D eigenvalue weighted by Gasteiger charge is -2.52. The van der Waals surface area contributed by atoms with Crippen LogP contribution in [0.1, 0.15) is 49.4 Å². The molecule has 1 aliphatic carbocycles. The summed E-state index contributed by atoms with van der Waals surface area (Å²) in [5, 5.41) is 15.7. The molecule has 140 valence electrons. The first-order valence-electron chi connectivity index (χ1n) is 9.53. The van der Waals surface area contributed by atoms with E-state index in [1.807, 2.05) is 18.2 Å². The summed E-state index contributed by atoms with van der Waals surface area (Å²) in [5.74, 6) is 1.46. The number of likely N-dealkylation sites (tertiary alicyclic amines) is 1. The maximum atomic E-state index is 11.6. The molecule has 1 N–H and O–H groups in total. The van der Waals surface area contributed by atoms with Crippen molar-refractivity contribution in [2.24, 2.45) is 5.92 Å². The first-order valence-corrected chi connectivity index (χ1v) is 9.53. The zero-order valence-corrected chi connectivity index (χ0v) is 15.3. The molecule has 6 heteroatoms. The molecular weight excluding hydrogens is 330 g/mol. The molecule has 0 spiro atoms. The van der Waals surface area contributed by atoms with Crippen LogP contribution >= 0.6 is 0 Å². The smallest absolute Gasteiger partial charge is 0.252 e. The molecule has 26 heavy (non-hydrogen) atoms. The number of piperidine rings is 1. The highest BCUT2D eigenvalue weighted by Crippen LogP contribution is 2.47. The third-order valence-corrected chi connectivity index (χ3v) is 5.99. The average molecular weight is 357 g/mol. The monoisotopic (exact) mass is 357 g/mol. The number of methoxy groups -OCH3 is 1. The Morgan fingerprint density at radius 3 is 2.88 bits per heavy atom. The van der Waals surface area contributed by atoms with E-state index < -0.39 is 5.60 Å². The van der Waals surface area contributed by atoms with E-state index in [1.165, 1.54) is 12.8 Å². The van der Waals surface area contributed by atoms with Crippen molar-refractivity contribution in [1.29, 1.82) is 0 Å². The lowest BCUT2D eigenvalue weighted by Crippen LogP contribution is -2.57. The van der Waals surface area contributed by atoms with E-state index in [2.05, 4.69) is 27.2 Å². The van der Waals surface area contributed by atoms with E-state index >= 15 is 0 Å². The highest BCUT2D eigenvalue weighted by molar-refractivity contribution is 5.25. The van der Waals surface area contributed by atoms with Gasteiger partial charge in [0.2, 0.25) is 0 Å². The largest absolute Gasteiger partial charge is 0.385 e. The van der Waals surface area contributed by atoms with Gasteiger partial charge in [0.15, 0.2) is 5.82 Å². The highest BCUT2D eigenvalue weighted by atomic mass is 16.5.